The molecule has 0 bridgehead atoms. The summed E-state index contributed by atoms with van der Waals surface area (Å²) in [5.74, 6) is 0.303. The number of fused-ring (bicyclic) bond motifs is 2. The highest BCUT2D eigenvalue weighted by molar-refractivity contribution is 7.16. The average molecular weight is 423 g/mol. The molecule has 4 aromatic rings. The maximum absolute atomic E-state index is 12.8. The lowest BCUT2D eigenvalue weighted by Crippen LogP contribution is -2.57. The Labute approximate surface area is 178 Å². The lowest BCUT2D eigenvalue weighted by molar-refractivity contribution is 0.161. The molecule has 5 rings (SSSR count). The number of hydrogen-bond donors (Lipinski definition) is 1. The Kier molecular flexibility index (Phi) is 4.17. The van der Waals surface area contributed by atoms with Crippen LogP contribution in [-0.2, 0) is 7.05 Å². The minimum Gasteiger partial charge on any atom is -0.307 e. The van der Waals surface area contributed by atoms with Crippen LogP contribution in [0.1, 0.15) is 51.5 Å². The van der Waals surface area contributed by atoms with Crippen LogP contribution in [-0.4, -0.2) is 35.5 Å². The first-order valence-corrected chi connectivity index (χ1v) is 11.0. The Balaban J connectivity index is 1.56. The molecule has 1 fully saturated rings. The second-order valence-electron chi connectivity index (χ2n) is 9.69. The van der Waals surface area contributed by atoms with Crippen LogP contribution in [0.2, 0.25) is 0 Å². The van der Waals surface area contributed by atoms with E-state index in [0.717, 1.165) is 34.3 Å². The molecular formula is C22H26N6OS. The number of aryl methyl sites for hydroxylation is 1. The molecular weight excluding hydrogens is 396 g/mol. The van der Waals surface area contributed by atoms with Gasteiger partial charge in [-0.2, -0.15) is 14.7 Å². The third-order valence-corrected chi connectivity index (χ3v) is 6.79. The number of benzene rings is 1. The minimum absolute atomic E-state index is 0.0208. The normalized spacial score (nSPS) is 19.0. The molecule has 30 heavy (non-hydrogen) atoms. The number of nitrogens with zero attached hydrogens (tertiary/aromatic N) is 5. The van der Waals surface area contributed by atoms with Crippen molar-refractivity contribution in [2.45, 2.75) is 57.5 Å². The molecule has 1 aromatic carbocycles. The fourth-order valence-electron chi connectivity index (χ4n) is 4.94. The molecule has 1 saturated heterocycles. The van der Waals surface area contributed by atoms with Crippen molar-refractivity contribution in [1.29, 1.82) is 0 Å². The molecule has 1 aliphatic heterocycles. The van der Waals surface area contributed by atoms with E-state index in [1.54, 1.807) is 10.7 Å². The summed E-state index contributed by atoms with van der Waals surface area (Å²) < 4.78 is 3.24. The molecule has 1 N–H and O–H groups in total. The van der Waals surface area contributed by atoms with Gasteiger partial charge in [0.2, 0.25) is 4.96 Å². The van der Waals surface area contributed by atoms with Gasteiger partial charge in [-0.25, -0.2) is 4.98 Å². The topological polar surface area (TPSA) is 77.1 Å². The first-order chi connectivity index (χ1) is 14.1. The zero-order valence-corrected chi connectivity index (χ0v) is 18.7. The Bertz CT molecular complexity index is 1310. The van der Waals surface area contributed by atoms with Gasteiger partial charge in [-0.1, -0.05) is 17.4 Å². The third kappa shape index (κ3) is 3.44. The summed E-state index contributed by atoms with van der Waals surface area (Å²) >= 11 is 1.53. The molecule has 0 amide bonds. The van der Waals surface area contributed by atoms with E-state index in [0.29, 0.717) is 16.6 Å². The van der Waals surface area contributed by atoms with Gasteiger partial charge in [-0.3, -0.25) is 9.48 Å². The largest absolute Gasteiger partial charge is 0.307 e. The van der Waals surface area contributed by atoms with Crippen LogP contribution in [0.15, 0.2) is 35.3 Å². The van der Waals surface area contributed by atoms with Crippen molar-refractivity contribution in [3.05, 3.63) is 45.8 Å². The highest BCUT2D eigenvalue weighted by atomic mass is 32.1. The van der Waals surface area contributed by atoms with Crippen LogP contribution in [0, 0.1) is 0 Å². The highest BCUT2D eigenvalue weighted by Crippen LogP contribution is 2.40. The van der Waals surface area contributed by atoms with E-state index >= 15 is 0 Å². The van der Waals surface area contributed by atoms with Crippen molar-refractivity contribution in [2.75, 3.05) is 0 Å². The number of nitrogens with one attached hydrogen (secondary N) is 1. The molecule has 0 atom stereocenters. The zero-order valence-electron chi connectivity index (χ0n) is 17.9. The quantitative estimate of drug-likeness (QED) is 0.533. The van der Waals surface area contributed by atoms with Crippen LogP contribution in [0.5, 0.6) is 0 Å². The fourth-order valence-corrected chi connectivity index (χ4v) is 5.95. The van der Waals surface area contributed by atoms with Gasteiger partial charge in [0.15, 0.2) is 0 Å². The predicted octanol–water partition coefficient (Wildman–Crippen LogP) is 3.73. The van der Waals surface area contributed by atoms with Gasteiger partial charge in [0.05, 0.1) is 11.2 Å². The number of rotatable bonds is 2. The monoisotopic (exact) mass is 422 g/mol. The van der Waals surface area contributed by atoms with Gasteiger partial charge in [-0.15, -0.1) is 0 Å². The van der Waals surface area contributed by atoms with Crippen molar-refractivity contribution < 1.29 is 0 Å². The summed E-state index contributed by atoms with van der Waals surface area (Å²) in [6, 6.07) is 7.53. The van der Waals surface area contributed by atoms with Gasteiger partial charge >= 0.3 is 0 Å². The first kappa shape index (κ1) is 19.4. The Hall–Kier alpha value is -2.58. The third-order valence-electron chi connectivity index (χ3n) is 5.71. The standard InChI is InChI=1S/C22H26N6OS/c1-21(2)10-15(11-22(3,4)26-21)19-25-28-18(29)9-17(23-20(28)30-19)13-6-7-16-14(8-13)12-27(5)24-16/h6-9,12,15,26H,10-11H2,1-5H3. The summed E-state index contributed by atoms with van der Waals surface area (Å²) in [6.07, 6.45) is 3.93. The number of aromatic nitrogens is 5. The second kappa shape index (κ2) is 6.46. The predicted molar refractivity (Wildman–Crippen MR) is 120 cm³/mol. The maximum atomic E-state index is 12.8. The van der Waals surface area contributed by atoms with Gasteiger partial charge in [0.25, 0.3) is 5.56 Å². The summed E-state index contributed by atoms with van der Waals surface area (Å²) in [5.41, 5.74) is 2.41. The van der Waals surface area contributed by atoms with Crippen molar-refractivity contribution in [1.82, 2.24) is 29.7 Å². The van der Waals surface area contributed by atoms with E-state index in [1.165, 1.54) is 15.9 Å². The summed E-state index contributed by atoms with van der Waals surface area (Å²) in [4.78, 5) is 18.3. The van der Waals surface area contributed by atoms with Crippen molar-refractivity contribution >= 4 is 27.2 Å². The summed E-state index contributed by atoms with van der Waals surface area (Å²) in [6.45, 7) is 8.91. The Morgan fingerprint density at radius 3 is 2.57 bits per heavy atom. The molecule has 0 radical (unpaired) electrons. The van der Waals surface area contributed by atoms with Crippen molar-refractivity contribution in [3.63, 3.8) is 0 Å². The van der Waals surface area contributed by atoms with Crippen LogP contribution in [0.4, 0.5) is 0 Å². The van der Waals surface area contributed by atoms with Crippen LogP contribution in [0.3, 0.4) is 0 Å². The van der Waals surface area contributed by atoms with E-state index in [1.807, 2.05) is 31.4 Å². The maximum Gasteiger partial charge on any atom is 0.275 e. The molecule has 7 nitrogen and oxygen atoms in total. The average Bonchev–Trinajstić information content (AvgIpc) is 3.21. The summed E-state index contributed by atoms with van der Waals surface area (Å²) in [5, 5.41) is 14.8. The molecule has 156 valence electrons. The van der Waals surface area contributed by atoms with Gasteiger partial charge in [0.1, 0.15) is 5.01 Å². The Morgan fingerprint density at radius 1 is 1.10 bits per heavy atom. The van der Waals surface area contributed by atoms with Crippen LogP contribution < -0.4 is 10.9 Å². The minimum atomic E-state index is -0.142. The van der Waals surface area contributed by atoms with E-state index in [4.69, 9.17) is 4.98 Å². The van der Waals surface area contributed by atoms with Crippen LogP contribution >= 0.6 is 11.3 Å². The SMILES string of the molecule is Cn1cc2cc(-c3cc(=O)n4nc(C5CC(C)(C)NC(C)(C)C5)sc4n3)ccc2n1. The molecule has 3 aromatic heterocycles. The molecule has 0 unspecified atom stereocenters. The van der Waals surface area contributed by atoms with Gasteiger partial charge in [-0.05, 0) is 52.7 Å². The lowest BCUT2D eigenvalue weighted by atomic mass is 9.76. The van der Waals surface area contributed by atoms with E-state index in [2.05, 4.69) is 43.2 Å². The number of piperidine rings is 1. The lowest BCUT2D eigenvalue weighted by Gasteiger charge is -2.45. The number of hydrogen-bond acceptors (Lipinski definition) is 6. The van der Waals surface area contributed by atoms with E-state index in [9.17, 15) is 4.79 Å². The van der Waals surface area contributed by atoms with Gasteiger partial charge < -0.3 is 5.32 Å². The van der Waals surface area contributed by atoms with E-state index in [-0.39, 0.29) is 16.6 Å². The summed E-state index contributed by atoms with van der Waals surface area (Å²) in [7, 11) is 1.90. The molecule has 4 heterocycles. The highest BCUT2D eigenvalue weighted by Gasteiger charge is 2.39. The Morgan fingerprint density at radius 2 is 1.83 bits per heavy atom. The fraction of sp³-hybridized carbons (Fsp3) is 0.455. The molecule has 1 aliphatic rings. The van der Waals surface area contributed by atoms with Crippen molar-refractivity contribution in [2.24, 2.45) is 7.05 Å². The molecule has 0 aliphatic carbocycles. The first-order valence-electron chi connectivity index (χ1n) is 10.2. The molecule has 8 heteroatoms. The van der Waals surface area contributed by atoms with Crippen LogP contribution in [0.25, 0.3) is 27.1 Å². The van der Waals surface area contributed by atoms with E-state index < -0.39 is 0 Å². The molecule has 0 saturated carbocycles. The second-order valence-corrected chi connectivity index (χ2v) is 10.7. The molecule has 0 spiro atoms. The van der Waals surface area contributed by atoms with Crippen molar-refractivity contribution in [3.8, 4) is 11.3 Å². The smallest absolute Gasteiger partial charge is 0.275 e. The zero-order chi connectivity index (χ0) is 21.3. The van der Waals surface area contributed by atoms with Gasteiger partial charge in [0, 0.05) is 47.3 Å².